The molecule has 1 aromatic carbocycles. The predicted molar refractivity (Wildman–Crippen MR) is 128 cm³/mol. The van der Waals surface area contributed by atoms with Gasteiger partial charge in [0.15, 0.2) is 0 Å². The fraction of sp³-hybridized carbons (Fsp3) is 0.560. The van der Waals surface area contributed by atoms with Crippen molar-refractivity contribution in [2.45, 2.75) is 57.6 Å². The van der Waals surface area contributed by atoms with Gasteiger partial charge in [0.2, 0.25) is 0 Å². The number of nitrogens with one attached hydrogen (secondary N) is 1. The van der Waals surface area contributed by atoms with Crippen LogP contribution in [0.1, 0.15) is 46.0 Å². The zero-order chi connectivity index (χ0) is 22.6. The number of methoxy groups -OCH3 is 1. The van der Waals surface area contributed by atoms with E-state index in [1.165, 1.54) is 6.42 Å². The van der Waals surface area contributed by atoms with Crippen LogP contribution in [0, 0.1) is 0 Å². The van der Waals surface area contributed by atoms with E-state index >= 15 is 0 Å². The van der Waals surface area contributed by atoms with Crippen molar-refractivity contribution in [1.29, 1.82) is 0 Å². The molecule has 7 nitrogen and oxygen atoms in total. The Kier molecular flexibility index (Phi) is 7.06. The Labute approximate surface area is 191 Å². The van der Waals surface area contributed by atoms with Crippen LogP contribution < -0.4 is 10.2 Å². The van der Waals surface area contributed by atoms with Crippen LogP contribution in [0.15, 0.2) is 36.7 Å². The fourth-order valence-corrected chi connectivity index (χ4v) is 4.72. The van der Waals surface area contributed by atoms with E-state index in [-0.39, 0.29) is 5.91 Å². The SMILES string of the molecule is COC1(C(=O)Nc2ccc(-c3cnc(N4CCN(C(C)C)CC4)cn3)cc2)CCCCC1. The number of anilines is 2. The summed E-state index contributed by atoms with van der Waals surface area (Å²) in [6.45, 7) is 8.55. The number of aromatic nitrogens is 2. The van der Waals surface area contributed by atoms with Crippen molar-refractivity contribution >= 4 is 17.4 Å². The van der Waals surface area contributed by atoms with Crippen molar-refractivity contribution in [3.05, 3.63) is 36.7 Å². The standard InChI is InChI=1S/C25H35N5O2/c1-19(2)29-13-15-30(16-14-29)23-18-26-22(17-27-23)20-7-9-21(10-8-20)28-24(31)25(32-3)11-5-4-6-12-25/h7-10,17-19H,4-6,11-16H2,1-3H3,(H,28,31). The van der Waals surface area contributed by atoms with E-state index in [0.29, 0.717) is 6.04 Å². The number of piperazine rings is 1. The molecule has 1 aliphatic carbocycles. The Balaban J connectivity index is 1.37. The third kappa shape index (κ3) is 4.94. The molecular formula is C25H35N5O2. The van der Waals surface area contributed by atoms with E-state index < -0.39 is 5.60 Å². The highest BCUT2D eigenvalue weighted by Crippen LogP contribution is 2.32. The lowest BCUT2D eigenvalue weighted by atomic mass is 9.84. The minimum atomic E-state index is -0.696. The van der Waals surface area contributed by atoms with Gasteiger partial charge < -0.3 is 15.0 Å². The molecule has 2 aromatic rings. The first-order valence-electron chi connectivity index (χ1n) is 11.8. The smallest absolute Gasteiger partial charge is 0.256 e. The molecule has 0 unspecified atom stereocenters. The van der Waals surface area contributed by atoms with E-state index in [1.807, 2.05) is 36.7 Å². The minimum absolute atomic E-state index is 0.0471. The number of hydrogen-bond donors (Lipinski definition) is 1. The molecule has 1 amide bonds. The topological polar surface area (TPSA) is 70.6 Å². The van der Waals surface area contributed by atoms with Gasteiger partial charge in [-0.15, -0.1) is 0 Å². The van der Waals surface area contributed by atoms with Gasteiger partial charge in [0.1, 0.15) is 11.4 Å². The molecule has 1 saturated carbocycles. The van der Waals surface area contributed by atoms with Crippen LogP contribution in [0.2, 0.25) is 0 Å². The maximum absolute atomic E-state index is 12.9. The molecule has 7 heteroatoms. The van der Waals surface area contributed by atoms with Crippen molar-refractivity contribution in [3.8, 4) is 11.3 Å². The lowest BCUT2D eigenvalue weighted by Crippen LogP contribution is -2.49. The van der Waals surface area contributed by atoms with Crippen molar-refractivity contribution in [2.75, 3.05) is 43.5 Å². The van der Waals surface area contributed by atoms with E-state index in [4.69, 9.17) is 4.74 Å². The van der Waals surface area contributed by atoms with Crippen molar-refractivity contribution < 1.29 is 9.53 Å². The Morgan fingerprint density at radius 1 is 1.00 bits per heavy atom. The van der Waals surface area contributed by atoms with Gasteiger partial charge in [-0.25, -0.2) is 4.98 Å². The van der Waals surface area contributed by atoms with E-state index in [2.05, 4.69) is 38.9 Å². The lowest BCUT2D eigenvalue weighted by molar-refractivity contribution is -0.141. The third-order valence-electron chi connectivity index (χ3n) is 6.91. The van der Waals surface area contributed by atoms with E-state index in [0.717, 1.165) is 74.6 Å². The first-order valence-corrected chi connectivity index (χ1v) is 11.8. The summed E-state index contributed by atoms with van der Waals surface area (Å²) in [4.78, 5) is 26.9. The number of nitrogens with zero attached hydrogens (tertiary/aromatic N) is 4. The molecule has 1 aromatic heterocycles. The Hall–Kier alpha value is -2.51. The minimum Gasteiger partial charge on any atom is -0.368 e. The van der Waals surface area contributed by atoms with Gasteiger partial charge in [-0.1, -0.05) is 31.4 Å². The van der Waals surface area contributed by atoms with Gasteiger partial charge in [-0.2, -0.15) is 0 Å². The summed E-state index contributed by atoms with van der Waals surface area (Å²) in [5, 5.41) is 3.03. The molecule has 172 valence electrons. The lowest BCUT2D eigenvalue weighted by Gasteiger charge is -2.37. The second-order valence-electron chi connectivity index (χ2n) is 9.17. The average Bonchev–Trinajstić information content (AvgIpc) is 2.85. The monoisotopic (exact) mass is 437 g/mol. The number of hydrogen-bond acceptors (Lipinski definition) is 6. The second kappa shape index (κ2) is 9.96. The number of ether oxygens (including phenoxy) is 1. The van der Waals surface area contributed by atoms with Crippen LogP contribution in [-0.4, -0.2) is 65.7 Å². The van der Waals surface area contributed by atoms with Crippen LogP contribution in [-0.2, 0) is 9.53 Å². The molecule has 1 aliphatic heterocycles. The van der Waals surface area contributed by atoms with E-state index in [9.17, 15) is 4.79 Å². The van der Waals surface area contributed by atoms with Crippen LogP contribution in [0.5, 0.6) is 0 Å². The molecular weight excluding hydrogens is 402 g/mol. The number of carbonyl (C=O) groups is 1. The summed E-state index contributed by atoms with van der Waals surface area (Å²) in [6.07, 6.45) is 8.48. The highest BCUT2D eigenvalue weighted by molar-refractivity contribution is 5.97. The molecule has 2 heterocycles. The summed E-state index contributed by atoms with van der Waals surface area (Å²) in [5.41, 5.74) is 1.88. The summed E-state index contributed by atoms with van der Waals surface area (Å²) >= 11 is 0. The summed E-state index contributed by atoms with van der Waals surface area (Å²) in [6, 6.07) is 8.36. The largest absolute Gasteiger partial charge is 0.368 e. The average molecular weight is 438 g/mol. The second-order valence-corrected chi connectivity index (χ2v) is 9.17. The van der Waals surface area contributed by atoms with Crippen LogP contribution in [0.25, 0.3) is 11.3 Å². The fourth-order valence-electron chi connectivity index (χ4n) is 4.72. The van der Waals surface area contributed by atoms with Gasteiger partial charge in [0.25, 0.3) is 5.91 Å². The van der Waals surface area contributed by atoms with Gasteiger partial charge in [-0.3, -0.25) is 14.7 Å². The van der Waals surface area contributed by atoms with Gasteiger partial charge in [-0.05, 0) is 38.8 Å². The number of rotatable bonds is 6. The van der Waals surface area contributed by atoms with E-state index in [1.54, 1.807) is 7.11 Å². The molecule has 0 spiro atoms. The van der Waals surface area contributed by atoms with Crippen LogP contribution >= 0.6 is 0 Å². The zero-order valence-corrected chi connectivity index (χ0v) is 19.5. The maximum Gasteiger partial charge on any atom is 0.256 e. The highest BCUT2D eigenvalue weighted by atomic mass is 16.5. The molecule has 4 rings (SSSR count). The number of carbonyl (C=O) groups excluding carboxylic acids is 1. The van der Waals surface area contributed by atoms with Crippen molar-refractivity contribution in [2.24, 2.45) is 0 Å². The predicted octanol–water partition coefficient (Wildman–Crippen LogP) is 3.96. The van der Waals surface area contributed by atoms with Crippen LogP contribution in [0.3, 0.4) is 0 Å². The van der Waals surface area contributed by atoms with Gasteiger partial charge in [0.05, 0.1) is 18.1 Å². The quantitative estimate of drug-likeness (QED) is 0.738. The summed E-state index contributed by atoms with van der Waals surface area (Å²) < 4.78 is 5.65. The normalized spacial score (nSPS) is 19.2. The van der Waals surface area contributed by atoms with Crippen molar-refractivity contribution in [3.63, 3.8) is 0 Å². The first-order chi connectivity index (χ1) is 15.5. The van der Waals surface area contributed by atoms with Crippen molar-refractivity contribution in [1.82, 2.24) is 14.9 Å². The molecule has 2 aliphatic rings. The molecule has 0 radical (unpaired) electrons. The number of benzene rings is 1. The van der Waals surface area contributed by atoms with Gasteiger partial charge in [0, 0.05) is 50.6 Å². The zero-order valence-electron chi connectivity index (χ0n) is 19.5. The third-order valence-corrected chi connectivity index (χ3v) is 6.91. The Bertz CT molecular complexity index is 884. The maximum atomic E-state index is 12.9. The Morgan fingerprint density at radius 3 is 2.25 bits per heavy atom. The molecule has 32 heavy (non-hydrogen) atoms. The molecule has 1 saturated heterocycles. The Morgan fingerprint density at radius 2 is 1.69 bits per heavy atom. The van der Waals surface area contributed by atoms with Crippen LogP contribution in [0.4, 0.5) is 11.5 Å². The molecule has 0 bridgehead atoms. The van der Waals surface area contributed by atoms with Gasteiger partial charge >= 0.3 is 0 Å². The first kappa shape index (κ1) is 22.7. The molecule has 2 fully saturated rings. The molecule has 1 N–H and O–H groups in total. The number of amides is 1. The molecule has 0 atom stereocenters. The highest BCUT2D eigenvalue weighted by Gasteiger charge is 2.39. The summed E-state index contributed by atoms with van der Waals surface area (Å²) in [5.74, 6) is 0.882. The summed E-state index contributed by atoms with van der Waals surface area (Å²) in [7, 11) is 1.64.